The molecule has 1 aliphatic heterocycles. The lowest BCUT2D eigenvalue weighted by molar-refractivity contribution is -0.125. The molecule has 0 saturated heterocycles. The van der Waals surface area contributed by atoms with Gasteiger partial charge in [-0.2, -0.15) is 10.5 Å². The van der Waals surface area contributed by atoms with Crippen molar-refractivity contribution in [3.8, 4) is 12.1 Å². The first kappa shape index (κ1) is 22.3. The van der Waals surface area contributed by atoms with Crippen molar-refractivity contribution >= 4 is 29.4 Å². The standard InChI is InChI=1S/C20H22N4O4S/c1-9-14(19(27)28-6)10(2)23-15(9)16(25)11(3)29-18-13(8-22)20(4,5)12(7-21)17(26)24-18/h11-12,23H,1-6H3,(H,24,26)/t11-,12-/m1/s1. The quantitative estimate of drug-likeness (QED) is 0.558. The Kier molecular flexibility index (Phi) is 6.24. The van der Waals surface area contributed by atoms with E-state index in [0.717, 1.165) is 11.8 Å². The first-order valence-electron chi connectivity index (χ1n) is 8.84. The molecular formula is C20H22N4O4S. The monoisotopic (exact) mass is 414 g/mol. The third-order valence-electron chi connectivity index (χ3n) is 5.07. The summed E-state index contributed by atoms with van der Waals surface area (Å²) < 4.78 is 4.76. The van der Waals surface area contributed by atoms with Crippen molar-refractivity contribution in [2.24, 2.45) is 11.3 Å². The van der Waals surface area contributed by atoms with Crippen LogP contribution in [0.25, 0.3) is 0 Å². The number of methoxy groups -OCH3 is 1. The minimum absolute atomic E-state index is 0.253. The molecule has 1 amide bonds. The van der Waals surface area contributed by atoms with Crippen LogP contribution >= 0.6 is 11.8 Å². The fourth-order valence-electron chi connectivity index (χ4n) is 3.35. The Hall–Kier alpha value is -3.04. The molecule has 2 N–H and O–H groups in total. The molecule has 152 valence electrons. The number of esters is 1. The molecule has 1 aromatic heterocycles. The molecule has 0 radical (unpaired) electrons. The Morgan fingerprint density at radius 3 is 2.41 bits per heavy atom. The molecule has 1 aromatic rings. The number of H-pyrrole nitrogens is 1. The fraction of sp³-hybridized carbons (Fsp3) is 0.450. The second-order valence-electron chi connectivity index (χ2n) is 7.33. The van der Waals surface area contributed by atoms with Gasteiger partial charge >= 0.3 is 5.97 Å². The molecular weight excluding hydrogens is 392 g/mol. The number of Topliss-reactive ketones (excluding diaryl/α,β-unsaturated/α-hetero) is 1. The number of rotatable bonds is 5. The van der Waals surface area contributed by atoms with Gasteiger partial charge in [0, 0.05) is 11.1 Å². The van der Waals surface area contributed by atoms with Crippen LogP contribution in [-0.2, 0) is 9.53 Å². The average molecular weight is 414 g/mol. The third kappa shape index (κ3) is 3.79. The summed E-state index contributed by atoms with van der Waals surface area (Å²) in [5.41, 5.74) is 0.873. The van der Waals surface area contributed by atoms with Gasteiger partial charge in [-0.3, -0.25) is 9.59 Å². The SMILES string of the molecule is COC(=O)c1c(C)[nH]c(C(=O)[C@@H](C)SC2=C(C#N)C(C)(C)[C@H](C#N)C(=O)N2)c1C. The van der Waals surface area contributed by atoms with E-state index in [1.54, 1.807) is 34.6 Å². The number of thioether (sulfide) groups is 1. The van der Waals surface area contributed by atoms with Crippen molar-refractivity contribution in [2.75, 3.05) is 7.11 Å². The van der Waals surface area contributed by atoms with Crippen molar-refractivity contribution in [1.29, 1.82) is 10.5 Å². The van der Waals surface area contributed by atoms with Gasteiger partial charge in [0.2, 0.25) is 5.91 Å². The molecule has 9 heteroatoms. The highest BCUT2D eigenvalue weighted by molar-refractivity contribution is 8.04. The van der Waals surface area contributed by atoms with E-state index in [2.05, 4.69) is 16.4 Å². The van der Waals surface area contributed by atoms with Gasteiger partial charge in [-0.25, -0.2) is 4.79 Å². The Morgan fingerprint density at radius 2 is 1.90 bits per heavy atom. The molecule has 0 unspecified atom stereocenters. The maximum Gasteiger partial charge on any atom is 0.339 e. The molecule has 2 rings (SSSR count). The number of nitriles is 2. The molecule has 0 spiro atoms. The van der Waals surface area contributed by atoms with Gasteiger partial charge in [-0.15, -0.1) is 0 Å². The van der Waals surface area contributed by atoms with Crippen LogP contribution in [0.1, 0.15) is 52.9 Å². The lowest BCUT2D eigenvalue weighted by atomic mass is 9.72. The van der Waals surface area contributed by atoms with E-state index in [1.807, 2.05) is 6.07 Å². The van der Waals surface area contributed by atoms with Gasteiger partial charge < -0.3 is 15.0 Å². The Labute approximate surface area is 173 Å². The Balaban J connectivity index is 2.39. The number of aromatic nitrogens is 1. The number of carbonyl (C=O) groups is 3. The summed E-state index contributed by atoms with van der Waals surface area (Å²) in [4.78, 5) is 40.2. The molecule has 0 bridgehead atoms. The first-order chi connectivity index (χ1) is 13.5. The molecule has 8 nitrogen and oxygen atoms in total. The second-order valence-corrected chi connectivity index (χ2v) is 8.68. The van der Waals surface area contributed by atoms with Gasteiger partial charge in [-0.05, 0) is 26.3 Å². The summed E-state index contributed by atoms with van der Waals surface area (Å²) in [6.45, 7) is 8.30. The predicted molar refractivity (Wildman–Crippen MR) is 107 cm³/mol. The minimum Gasteiger partial charge on any atom is -0.465 e. The highest BCUT2D eigenvalue weighted by Gasteiger charge is 2.45. The smallest absolute Gasteiger partial charge is 0.339 e. The van der Waals surface area contributed by atoms with Crippen LogP contribution in [0.15, 0.2) is 10.6 Å². The van der Waals surface area contributed by atoms with E-state index in [0.29, 0.717) is 16.8 Å². The normalized spacial score (nSPS) is 19.0. The largest absolute Gasteiger partial charge is 0.465 e. The zero-order valence-corrected chi connectivity index (χ0v) is 17.9. The lowest BCUT2D eigenvalue weighted by Gasteiger charge is -2.35. The van der Waals surface area contributed by atoms with Crippen LogP contribution in [0, 0.1) is 47.8 Å². The number of carbonyl (C=O) groups excluding carboxylic acids is 3. The number of ketones is 1. The molecule has 0 saturated carbocycles. The number of hydrogen-bond donors (Lipinski definition) is 2. The van der Waals surface area contributed by atoms with Crippen molar-refractivity contribution in [1.82, 2.24) is 10.3 Å². The predicted octanol–water partition coefficient (Wildman–Crippen LogP) is 2.75. The number of aromatic amines is 1. The molecule has 0 aliphatic carbocycles. The van der Waals surface area contributed by atoms with Crippen LogP contribution in [0.4, 0.5) is 0 Å². The van der Waals surface area contributed by atoms with Crippen LogP contribution < -0.4 is 5.32 Å². The maximum atomic E-state index is 13.0. The first-order valence-corrected chi connectivity index (χ1v) is 9.72. The highest BCUT2D eigenvalue weighted by Crippen LogP contribution is 2.43. The third-order valence-corrected chi connectivity index (χ3v) is 6.18. The van der Waals surface area contributed by atoms with Crippen LogP contribution in [0.3, 0.4) is 0 Å². The molecule has 1 aliphatic rings. The number of ether oxygens (including phenoxy) is 1. The average Bonchev–Trinajstić information content (AvgIpc) is 2.94. The summed E-state index contributed by atoms with van der Waals surface area (Å²) in [5.74, 6) is -2.32. The number of hydrogen-bond acceptors (Lipinski definition) is 7. The van der Waals surface area contributed by atoms with Crippen molar-refractivity contribution in [3.05, 3.63) is 33.1 Å². The number of aryl methyl sites for hydroxylation is 1. The lowest BCUT2D eigenvalue weighted by Crippen LogP contribution is -2.45. The number of nitrogens with one attached hydrogen (secondary N) is 2. The fourth-order valence-corrected chi connectivity index (χ4v) is 4.52. The molecule has 0 aromatic carbocycles. The van der Waals surface area contributed by atoms with E-state index >= 15 is 0 Å². The van der Waals surface area contributed by atoms with Gasteiger partial charge in [0.25, 0.3) is 0 Å². The number of allylic oxidation sites excluding steroid dienone is 1. The second kappa shape index (κ2) is 8.14. The molecule has 29 heavy (non-hydrogen) atoms. The molecule has 2 atom stereocenters. The number of amides is 1. The van der Waals surface area contributed by atoms with Crippen LogP contribution in [0.2, 0.25) is 0 Å². The van der Waals surface area contributed by atoms with E-state index < -0.39 is 28.5 Å². The van der Waals surface area contributed by atoms with Gasteiger partial charge in [0.1, 0.15) is 5.92 Å². The van der Waals surface area contributed by atoms with Crippen LogP contribution in [0.5, 0.6) is 0 Å². The van der Waals surface area contributed by atoms with E-state index in [-0.39, 0.29) is 22.1 Å². The molecule has 2 heterocycles. The van der Waals surface area contributed by atoms with Crippen LogP contribution in [-0.4, -0.2) is 35.0 Å². The number of nitrogens with zero attached hydrogens (tertiary/aromatic N) is 2. The maximum absolute atomic E-state index is 13.0. The van der Waals surface area contributed by atoms with E-state index in [9.17, 15) is 24.9 Å². The van der Waals surface area contributed by atoms with Crippen molar-refractivity contribution in [3.63, 3.8) is 0 Å². The Morgan fingerprint density at radius 1 is 1.28 bits per heavy atom. The van der Waals surface area contributed by atoms with Gasteiger partial charge in [0.15, 0.2) is 5.78 Å². The topological polar surface area (TPSA) is 136 Å². The zero-order valence-electron chi connectivity index (χ0n) is 17.1. The molecule has 0 fully saturated rings. The highest BCUT2D eigenvalue weighted by atomic mass is 32.2. The summed E-state index contributed by atoms with van der Waals surface area (Å²) >= 11 is 1.04. The summed E-state index contributed by atoms with van der Waals surface area (Å²) in [6.07, 6.45) is 0. The zero-order chi connectivity index (χ0) is 22.1. The van der Waals surface area contributed by atoms with E-state index in [4.69, 9.17) is 4.74 Å². The summed E-state index contributed by atoms with van der Waals surface area (Å²) in [6, 6.07) is 4.01. The Bertz CT molecular complexity index is 1010. The minimum atomic E-state index is -0.997. The summed E-state index contributed by atoms with van der Waals surface area (Å²) in [7, 11) is 1.27. The summed E-state index contributed by atoms with van der Waals surface area (Å²) in [5, 5.41) is 21.1. The van der Waals surface area contributed by atoms with E-state index in [1.165, 1.54) is 7.11 Å². The van der Waals surface area contributed by atoms with Crippen molar-refractivity contribution < 1.29 is 19.1 Å². The van der Waals surface area contributed by atoms with Gasteiger partial charge in [0.05, 0.1) is 46.4 Å². The van der Waals surface area contributed by atoms with Gasteiger partial charge in [-0.1, -0.05) is 25.6 Å². The van der Waals surface area contributed by atoms with Crippen molar-refractivity contribution in [2.45, 2.75) is 39.9 Å².